The first-order valence-electron chi connectivity index (χ1n) is 7.31. The molecule has 2 aromatic carbocycles. The van der Waals surface area contributed by atoms with E-state index in [4.69, 9.17) is 5.26 Å². The van der Waals surface area contributed by atoms with Gasteiger partial charge in [0.15, 0.2) is 6.19 Å². The predicted molar refractivity (Wildman–Crippen MR) is 91.7 cm³/mol. The third-order valence-electron chi connectivity index (χ3n) is 3.41. The highest BCUT2D eigenvalue weighted by atomic mass is 19.1. The molecule has 0 spiro atoms. The Morgan fingerprint density at radius 1 is 1.12 bits per heavy atom. The van der Waals surface area contributed by atoms with Crippen molar-refractivity contribution in [2.24, 2.45) is 4.99 Å². The second-order valence-corrected chi connectivity index (χ2v) is 5.03. The minimum atomic E-state index is -0.292. The van der Waals surface area contributed by atoms with Gasteiger partial charge >= 0.3 is 0 Å². The van der Waals surface area contributed by atoms with Crippen molar-refractivity contribution in [2.45, 2.75) is 6.54 Å². The van der Waals surface area contributed by atoms with Gasteiger partial charge in [0, 0.05) is 11.6 Å². The van der Waals surface area contributed by atoms with Gasteiger partial charge < -0.3 is 5.32 Å². The number of nitriles is 1. The van der Waals surface area contributed by atoms with Gasteiger partial charge in [0.2, 0.25) is 5.96 Å². The molecule has 0 bridgehead atoms. The molecule has 6 heteroatoms. The first kappa shape index (κ1) is 15.4. The van der Waals surface area contributed by atoms with Crippen molar-refractivity contribution < 1.29 is 4.39 Å². The minimum absolute atomic E-state index is 0.292. The fraction of sp³-hybridized carbons (Fsp3) is 0.0556. The molecule has 2 N–H and O–H groups in total. The zero-order valence-corrected chi connectivity index (χ0v) is 12.7. The largest absolute Gasteiger partial charge is 0.325 e. The van der Waals surface area contributed by atoms with Crippen LogP contribution < -0.4 is 10.6 Å². The van der Waals surface area contributed by atoms with Crippen LogP contribution in [-0.4, -0.2) is 10.9 Å². The topological polar surface area (TPSA) is 73.1 Å². The minimum Gasteiger partial charge on any atom is -0.325 e. The maximum atomic E-state index is 12.9. The molecule has 0 aliphatic heterocycles. The molecular formula is C18H14FN5. The molecule has 0 radical (unpaired) electrons. The first-order chi connectivity index (χ1) is 11.8. The zero-order valence-electron chi connectivity index (χ0n) is 12.7. The molecule has 0 aliphatic rings. The van der Waals surface area contributed by atoms with E-state index in [9.17, 15) is 4.39 Å². The number of aromatic nitrogens is 1. The molecule has 5 nitrogen and oxygen atoms in total. The van der Waals surface area contributed by atoms with E-state index in [1.54, 1.807) is 18.3 Å². The van der Waals surface area contributed by atoms with Gasteiger partial charge in [0.1, 0.15) is 5.82 Å². The molecule has 1 heterocycles. The van der Waals surface area contributed by atoms with E-state index in [0.717, 1.165) is 22.2 Å². The molecule has 0 aliphatic carbocycles. The highest BCUT2D eigenvalue weighted by molar-refractivity contribution is 6.02. The number of nitrogens with zero attached hydrogens (tertiary/aromatic N) is 3. The second kappa shape index (κ2) is 7.20. The van der Waals surface area contributed by atoms with Crippen molar-refractivity contribution in [1.29, 1.82) is 5.26 Å². The molecule has 0 atom stereocenters. The number of benzene rings is 2. The predicted octanol–water partition coefficient (Wildman–Crippen LogP) is 3.41. The van der Waals surface area contributed by atoms with E-state index >= 15 is 0 Å². The van der Waals surface area contributed by atoms with E-state index in [0.29, 0.717) is 12.5 Å². The fourth-order valence-electron chi connectivity index (χ4n) is 2.26. The van der Waals surface area contributed by atoms with Crippen LogP contribution >= 0.6 is 0 Å². The number of fused-ring (bicyclic) bond motifs is 1. The van der Waals surface area contributed by atoms with Crippen molar-refractivity contribution in [3.05, 3.63) is 72.2 Å². The van der Waals surface area contributed by atoms with E-state index in [-0.39, 0.29) is 5.82 Å². The van der Waals surface area contributed by atoms with E-state index in [1.807, 2.05) is 36.5 Å². The average Bonchev–Trinajstić information content (AvgIpc) is 2.61. The first-order valence-corrected chi connectivity index (χ1v) is 7.31. The number of aliphatic imine (C=N–C) groups is 1. The van der Waals surface area contributed by atoms with Crippen LogP contribution in [0.3, 0.4) is 0 Å². The molecule has 24 heavy (non-hydrogen) atoms. The van der Waals surface area contributed by atoms with Crippen molar-refractivity contribution in [3.8, 4) is 6.19 Å². The molecule has 0 amide bonds. The summed E-state index contributed by atoms with van der Waals surface area (Å²) in [6.07, 6.45) is 3.59. The third kappa shape index (κ3) is 3.65. The molecular weight excluding hydrogens is 305 g/mol. The van der Waals surface area contributed by atoms with Gasteiger partial charge in [-0.3, -0.25) is 10.3 Å². The lowest BCUT2D eigenvalue weighted by Gasteiger charge is -2.10. The Morgan fingerprint density at radius 2 is 1.96 bits per heavy atom. The van der Waals surface area contributed by atoms with E-state index in [2.05, 4.69) is 20.6 Å². The third-order valence-corrected chi connectivity index (χ3v) is 3.41. The lowest BCUT2D eigenvalue weighted by atomic mass is 10.2. The Morgan fingerprint density at radius 3 is 2.75 bits per heavy atom. The number of halogens is 1. The van der Waals surface area contributed by atoms with Crippen LogP contribution in [0.5, 0.6) is 0 Å². The monoisotopic (exact) mass is 319 g/mol. The molecule has 3 aromatic rings. The highest BCUT2D eigenvalue weighted by Gasteiger charge is 2.04. The van der Waals surface area contributed by atoms with Crippen LogP contribution in [0.4, 0.5) is 10.1 Å². The van der Waals surface area contributed by atoms with E-state index < -0.39 is 0 Å². The van der Waals surface area contributed by atoms with Crippen LogP contribution in [0, 0.1) is 17.3 Å². The number of anilines is 1. The van der Waals surface area contributed by atoms with Gasteiger partial charge in [-0.1, -0.05) is 18.2 Å². The second-order valence-electron chi connectivity index (χ2n) is 5.03. The van der Waals surface area contributed by atoms with Crippen LogP contribution in [0.2, 0.25) is 0 Å². The number of rotatable bonds is 3. The molecule has 0 saturated carbocycles. The van der Waals surface area contributed by atoms with Gasteiger partial charge in [-0.25, -0.2) is 9.38 Å². The van der Waals surface area contributed by atoms with Crippen LogP contribution in [0.25, 0.3) is 10.9 Å². The summed E-state index contributed by atoms with van der Waals surface area (Å²) < 4.78 is 12.9. The Labute approximate surface area is 138 Å². The number of pyridine rings is 1. The summed E-state index contributed by atoms with van der Waals surface area (Å²) in [6.45, 7) is 0.320. The smallest absolute Gasteiger partial charge is 0.209 e. The summed E-state index contributed by atoms with van der Waals surface area (Å²) >= 11 is 0. The quantitative estimate of drug-likeness (QED) is 0.336. The van der Waals surface area contributed by atoms with Gasteiger partial charge in [0.05, 0.1) is 17.7 Å². The summed E-state index contributed by atoms with van der Waals surface area (Å²) in [7, 11) is 0. The average molecular weight is 319 g/mol. The Bertz CT molecular complexity index is 907. The van der Waals surface area contributed by atoms with Gasteiger partial charge in [-0.15, -0.1) is 0 Å². The Balaban J connectivity index is 1.84. The van der Waals surface area contributed by atoms with Crippen LogP contribution in [0.1, 0.15) is 5.56 Å². The van der Waals surface area contributed by atoms with Crippen LogP contribution in [0.15, 0.2) is 65.8 Å². The molecule has 0 saturated heterocycles. The maximum Gasteiger partial charge on any atom is 0.209 e. The Hall–Kier alpha value is -3.46. The summed E-state index contributed by atoms with van der Waals surface area (Å²) in [5.74, 6) is 0.0256. The number of guanidine groups is 1. The maximum absolute atomic E-state index is 12.9. The number of hydrogen-bond acceptors (Lipinski definition) is 3. The molecule has 0 fully saturated rings. The van der Waals surface area contributed by atoms with E-state index in [1.165, 1.54) is 12.1 Å². The van der Waals surface area contributed by atoms with Crippen molar-refractivity contribution in [3.63, 3.8) is 0 Å². The SMILES string of the molecule is N#CNC(=NCc1ccc(F)cc1)Nc1cccc2ncccc12. The lowest BCUT2D eigenvalue weighted by Crippen LogP contribution is -2.27. The standard InChI is InChI=1S/C18H14FN5/c19-14-8-6-13(7-9-14)11-22-18(23-12-20)24-17-5-1-4-16-15(17)3-2-10-21-16/h1-10H,11H2,(H2,22,23,24). The lowest BCUT2D eigenvalue weighted by molar-refractivity contribution is 0.627. The van der Waals surface area contributed by atoms with Crippen LogP contribution in [-0.2, 0) is 6.54 Å². The van der Waals surface area contributed by atoms with Crippen molar-refractivity contribution in [2.75, 3.05) is 5.32 Å². The summed E-state index contributed by atoms with van der Waals surface area (Å²) in [5.41, 5.74) is 2.48. The summed E-state index contributed by atoms with van der Waals surface area (Å²) in [5, 5.41) is 15.5. The van der Waals surface area contributed by atoms with Crippen molar-refractivity contribution >= 4 is 22.5 Å². The fourth-order valence-corrected chi connectivity index (χ4v) is 2.26. The van der Waals surface area contributed by atoms with Gasteiger partial charge in [-0.05, 0) is 42.0 Å². The van der Waals surface area contributed by atoms with Gasteiger partial charge in [0.25, 0.3) is 0 Å². The summed E-state index contributed by atoms with van der Waals surface area (Å²) in [4.78, 5) is 8.64. The molecule has 118 valence electrons. The molecule has 0 unspecified atom stereocenters. The molecule has 1 aromatic heterocycles. The normalized spacial score (nSPS) is 11.1. The Kier molecular flexibility index (Phi) is 4.63. The summed E-state index contributed by atoms with van der Waals surface area (Å²) in [6, 6.07) is 15.5. The highest BCUT2D eigenvalue weighted by Crippen LogP contribution is 2.21. The molecule has 3 rings (SSSR count). The zero-order chi connectivity index (χ0) is 16.8. The van der Waals surface area contributed by atoms with Gasteiger partial charge in [-0.2, -0.15) is 5.26 Å². The number of nitrogens with one attached hydrogen (secondary N) is 2. The van der Waals surface area contributed by atoms with Crippen molar-refractivity contribution in [1.82, 2.24) is 10.3 Å². The number of hydrogen-bond donors (Lipinski definition) is 2.